The average Bonchev–Trinajstić information content (AvgIpc) is 2.30. The van der Waals surface area contributed by atoms with Gasteiger partial charge in [-0.1, -0.05) is 6.07 Å². The minimum absolute atomic E-state index is 0.404. The van der Waals surface area contributed by atoms with E-state index >= 15 is 0 Å². The summed E-state index contributed by atoms with van der Waals surface area (Å²) in [5.41, 5.74) is 6.65. The lowest BCUT2D eigenvalue weighted by molar-refractivity contribution is 0.100. The normalized spacial score (nSPS) is 16.4. The maximum Gasteiger partial charge on any atom is 0.248 e. The van der Waals surface area contributed by atoms with Crippen LogP contribution in [0.25, 0.3) is 0 Å². The maximum absolute atomic E-state index is 11.0. The van der Waals surface area contributed by atoms with E-state index in [1.807, 2.05) is 0 Å². The Labute approximate surface area is 88.6 Å². The second kappa shape index (κ2) is 4.31. The van der Waals surface area contributed by atoms with Gasteiger partial charge in [0.2, 0.25) is 5.91 Å². The molecule has 15 heavy (non-hydrogen) atoms. The van der Waals surface area contributed by atoms with Crippen molar-refractivity contribution in [2.45, 2.75) is 0 Å². The van der Waals surface area contributed by atoms with Gasteiger partial charge in [-0.25, -0.2) is 0 Å². The van der Waals surface area contributed by atoms with Crippen LogP contribution in [0.1, 0.15) is 10.4 Å². The molecule has 2 N–H and O–H groups in total. The molecule has 79 valence electrons. The highest BCUT2D eigenvalue weighted by Gasteiger charge is 2.12. The summed E-state index contributed by atoms with van der Waals surface area (Å²) < 4.78 is 5.25. The summed E-state index contributed by atoms with van der Waals surface area (Å²) in [5.74, 6) is -0.404. The van der Waals surface area contributed by atoms with E-state index in [1.165, 1.54) is 0 Å². The summed E-state index contributed by atoms with van der Waals surface area (Å²) in [5, 5.41) is 0. The van der Waals surface area contributed by atoms with Crippen molar-refractivity contribution >= 4 is 11.6 Å². The number of nitrogens with zero attached hydrogens (tertiary/aromatic N) is 1. The van der Waals surface area contributed by atoms with Gasteiger partial charge in [0, 0.05) is 30.4 Å². The molecule has 1 aromatic carbocycles. The van der Waals surface area contributed by atoms with E-state index < -0.39 is 5.91 Å². The molecule has 1 amide bonds. The molecule has 0 aromatic heterocycles. The van der Waals surface area contributed by atoms with E-state index in [9.17, 15) is 4.79 Å². The minimum Gasteiger partial charge on any atom is -0.378 e. The third-order valence-electron chi connectivity index (χ3n) is 2.42. The van der Waals surface area contributed by atoms with Crippen LogP contribution in [-0.2, 0) is 4.74 Å². The van der Waals surface area contributed by atoms with Gasteiger partial charge in [0.25, 0.3) is 0 Å². The average molecular weight is 205 g/mol. The maximum atomic E-state index is 11.0. The standard InChI is InChI=1S/C11H13N2O2/c12-11(14)9-2-1-3-10(8-9)13-4-6-15-7-5-13/h1-2,8H,4-7H2,(H2,12,14). The van der Waals surface area contributed by atoms with Gasteiger partial charge in [0.1, 0.15) is 0 Å². The molecule has 0 unspecified atom stereocenters. The number of carbonyl (C=O) groups is 1. The number of anilines is 1. The van der Waals surface area contributed by atoms with E-state index in [1.54, 1.807) is 18.2 Å². The molecule has 0 saturated carbocycles. The third kappa shape index (κ3) is 2.27. The second-order valence-electron chi connectivity index (χ2n) is 3.43. The molecule has 1 aliphatic heterocycles. The van der Waals surface area contributed by atoms with Crippen molar-refractivity contribution in [3.05, 3.63) is 29.8 Å². The van der Waals surface area contributed by atoms with Gasteiger partial charge in [-0.2, -0.15) is 0 Å². The van der Waals surface area contributed by atoms with Gasteiger partial charge in [0.15, 0.2) is 0 Å². The summed E-state index contributed by atoms with van der Waals surface area (Å²) in [4.78, 5) is 13.1. The van der Waals surface area contributed by atoms with Gasteiger partial charge in [-0.05, 0) is 12.1 Å². The molecule has 1 aromatic rings. The van der Waals surface area contributed by atoms with Gasteiger partial charge in [-0.3, -0.25) is 4.79 Å². The number of morpholine rings is 1. The third-order valence-corrected chi connectivity index (χ3v) is 2.42. The van der Waals surface area contributed by atoms with E-state index in [2.05, 4.69) is 11.0 Å². The number of nitrogens with two attached hydrogens (primary N) is 1. The van der Waals surface area contributed by atoms with Crippen LogP contribution in [0, 0.1) is 6.07 Å². The molecule has 0 bridgehead atoms. The zero-order chi connectivity index (χ0) is 10.7. The zero-order valence-electron chi connectivity index (χ0n) is 8.40. The minimum atomic E-state index is -0.404. The topological polar surface area (TPSA) is 55.6 Å². The Balaban J connectivity index is 2.19. The number of rotatable bonds is 2. The number of carbonyl (C=O) groups excluding carboxylic acids is 1. The fraction of sp³-hybridized carbons (Fsp3) is 0.364. The summed E-state index contributed by atoms with van der Waals surface area (Å²) >= 11 is 0. The first-order valence-electron chi connectivity index (χ1n) is 4.91. The van der Waals surface area contributed by atoms with Gasteiger partial charge in [-0.15, -0.1) is 0 Å². The largest absolute Gasteiger partial charge is 0.378 e. The molecule has 1 radical (unpaired) electrons. The van der Waals surface area contributed by atoms with Crippen LogP contribution in [0.5, 0.6) is 0 Å². The molecule has 2 rings (SSSR count). The first-order valence-corrected chi connectivity index (χ1v) is 4.91. The molecule has 1 heterocycles. The highest BCUT2D eigenvalue weighted by Crippen LogP contribution is 2.16. The van der Waals surface area contributed by atoms with Crippen LogP contribution in [0.2, 0.25) is 0 Å². The van der Waals surface area contributed by atoms with Gasteiger partial charge < -0.3 is 15.4 Å². The quantitative estimate of drug-likeness (QED) is 0.761. The summed E-state index contributed by atoms with van der Waals surface area (Å²) in [6.07, 6.45) is 0. The predicted octanol–water partition coefficient (Wildman–Crippen LogP) is 0.422. The molecule has 0 atom stereocenters. The highest BCUT2D eigenvalue weighted by molar-refractivity contribution is 5.93. The lowest BCUT2D eigenvalue weighted by Gasteiger charge is -2.28. The Morgan fingerprint density at radius 3 is 2.87 bits per heavy atom. The predicted molar refractivity (Wildman–Crippen MR) is 56.8 cm³/mol. The van der Waals surface area contributed by atoms with Crippen molar-refractivity contribution in [1.82, 2.24) is 0 Å². The molecule has 0 spiro atoms. The van der Waals surface area contributed by atoms with Crippen molar-refractivity contribution in [1.29, 1.82) is 0 Å². The highest BCUT2D eigenvalue weighted by atomic mass is 16.5. The second-order valence-corrected chi connectivity index (χ2v) is 3.43. The first kappa shape index (κ1) is 9.98. The fourth-order valence-corrected chi connectivity index (χ4v) is 1.59. The van der Waals surface area contributed by atoms with Crippen molar-refractivity contribution in [3.8, 4) is 0 Å². The lowest BCUT2D eigenvalue weighted by Crippen LogP contribution is -2.36. The molecular formula is C11H13N2O2. The Morgan fingerprint density at radius 1 is 1.47 bits per heavy atom. The van der Waals surface area contributed by atoms with Crippen molar-refractivity contribution < 1.29 is 9.53 Å². The summed E-state index contributed by atoms with van der Waals surface area (Å²) in [6, 6.07) is 8.27. The van der Waals surface area contributed by atoms with Crippen molar-refractivity contribution in [2.75, 3.05) is 31.2 Å². The fourth-order valence-electron chi connectivity index (χ4n) is 1.59. The number of amides is 1. The molecule has 1 fully saturated rings. The number of hydrogen-bond acceptors (Lipinski definition) is 3. The summed E-state index contributed by atoms with van der Waals surface area (Å²) in [6.45, 7) is 3.10. The van der Waals surface area contributed by atoms with Crippen LogP contribution in [0.15, 0.2) is 18.2 Å². The number of benzene rings is 1. The van der Waals surface area contributed by atoms with Crippen LogP contribution in [-0.4, -0.2) is 32.2 Å². The Bertz CT molecular complexity index is 359. The molecule has 4 heteroatoms. The van der Waals surface area contributed by atoms with Crippen LogP contribution < -0.4 is 10.6 Å². The van der Waals surface area contributed by atoms with Crippen LogP contribution in [0.3, 0.4) is 0 Å². The van der Waals surface area contributed by atoms with Crippen molar-refractivity contribution in [2.24, 2.45) is 5.73 Å². The number of primary amides is 1. The molecule has 1 saturated heterocycles. The van der Waals surface area contributed by atoms with E-state index in [0.29, 0.717) is 18.8 Å². The number of ether oxygens (including phenoxy) is 1. The molecule has 1 aliphatic rings. The molecular weight excluding hydrogens is 192 g/mol. The van der Waals surface area contributed by atoms with Gasteiger partial charge >= 0.3 is 0 Å². The van der Waals surface area contributed by atoms with Crippen LogP contribution in [0.4, 0.5) is 5.69 Å². The monoisotopic (exact) mass is 205 g/mol. The van der Waals surface area contributed by atoms with E-state index in [4.69, 9.17) is 10.5 Å². The Kier molecular flexibility index (Phi) is 2.87. The van der Waals surface area contributed by atoms with Crippen molar-refractivity contribution in [3.63, 3.8) is 0 Å². The Hall–Kier alpha value is -1.55. The van der Waals surface area contributed by atoms with E-state index in [-0.39, 0.29) is 0 Å². The zero-order valence-corrected chi connectivity index (χ0v) is 8.40. The van der Waals surface area contributed by atoms with Gasteiger partial charge in [0.05, 0.1) is 13.2 Å². The lowest BCUT2D eigenvalue weighted by atomic mass is 10.1. The Morgan fingerprint density at radius 2 is 2.20 bits per heavy atom. The SMILES string of the molecule is NC(=O)c1cc[c]c(N2CCOCC2)c1. The summed E-state index contributed by atoms with van der Waals surface area (Å²) in [7, 11) is 0. The molecule has 4 nitrogen and oxygen atoms in total. The number of hydrogen-bond donors (Lipinski definition) is 1. The first-order chi connectivity index (χ1) is 7.27. The van der Waals surface area contributed by atoms with Crippen LogP contribution >= 0.6 is 0 Å². The molecule has 0 aliphatic carbocycles. The smallest absolute Gasteiger partial charge is 0.248 e. The van der Waals surface area contributed by atoms with E-state index in [0.717, 1.165) is 18.8 Å².